The summed E-state index contributed by atoms with van der Waals surface area (Å²) < 4.78 is 5.09. The van der Waals surface area contributed by atoms with Gasteiger partial charge in [0.2, 0.25) is 0 Å². The summed E-state index contributed by atoms with van der Waals surface area (Å²) in [5.74, 6) is 0.161. The first kappa shape index (κ1) is 17.7. The second-order valence-corrected chi connectivity index (χ2v) is 5.92. The number of hydrogen-bond acceptors (Lipinski definition) is 6. The molecular weight excluding hydrogens is 336 g/mol. The Bertz CT molecular complexity index is 752. The van der Waals surface area contributed by atoms with Crippen LogP contribution in [-0.4, -0.2) is 64.9 Å². The van der Waals surface area contributed by atoms with Crippen molar-refractivity contribution in [3.63, 3.8) is 0 Å². The van der Waals surface area contributed by atoms with Gasteiger partial charge in [-0.1, -0.05) is 0 Å². The molecule has 1 aromatic carbocycles. The van der Waals surface area contributed by atoms with Gasteiger partial charge in [-0.3, -0.25) is 4.79 Å². The minimum Gasteiger partial charge on any atom is -0.482 e. The van der Waals surface area contributed by atoms with Gasteiger partial charge >= 0.3 is 5.97 Å². The Morgan fingerprint density at radius 2 is 1.88 bits per heavy atom. The van der Waals surface area contributed by atoms with E-state index in [0.717, 1.165) is 18.8 Å². The fraction of sp³-hybridized carbons (Fsp3) is 0.333. The molecule has 0 bridgehead atoms. The van der Waals surface area contributed by atoms with E-state index in [1.54, 1.807) is 30.5 Å². The van der Waals surface area contributed by atoms with Crippen molar-refractivity contribution in [2.75, 3.05) is 37.7 Å². The van der Waals surface area contributed by atoms with E-state index in [9.17, 15) is 9.59 Å². The van der Waals surface area contributed by atoms with Crippen LogP contribution in [0.1, 0.15) is 16.8 Å². The van der Waals surface area contributed by atoms with E-state index in [1.165, 1.54) is 0 Å². The zero-order chi connectivity index (χ0) is 18.4. The maximum absolute atomic E-state index is 12.7. The molecule has 1 aliphatic heterocycles. The summed E-state index contributed by atoms with van der Waals surface area (Å²) in [6.45, 7) is 2.39. The SMILES string of the molecule is O=C(O)COc1ccc(C(=O)N2CCCN(c3cccnn3)CC2)cc1. The van der Waals surface area contributed by atoms with Gasteiger partial charge in [-0.15, -0.1) is 5.10 Å². The van der Waals surface area contributed by atoms with Crippen molar-refractivity contribution in [1.29, 1.82) is 0 Å². The van der Waals surface area contributed by atoms with Gasteiger partial charge in [-0.05, 0) is 42.8 Å². The quantitative estimate of drug-likeness (QED) is 0.862. The van der Waals surface area contributed by atoms with Crippen molar-refractivity contribution in [3.8, 4) is 5.75 Å². The number of aromatic nitrogens is 2. The maximum atomic E-state index is 12.7. The monoisotopic (exact) mass is 356 g/mol. The molecule has 1 aromatic heterocycles. The number of anilines is 1. The van der Waals surface area contributed by atoms with Crippen LogP contribution in [0.15, 0.2) is 42.6 Å². The van der Waals surface area contributed by atoms with Gasteiger partial charge < -0.3 is 19.6 Å². The second-order valence-electron chi connectivity index (χ2n) is 5.92. The Kier molecular flexibility index (Phi) is 5.62. The highest BCUT2D eigenvalue weighted by atomic mass is 16.5. The molecule has 2 aromatic rings. The maximum Gasteiger partial charge on any atom is 0.341 e. The molecule has 0 saturated carbocycles. The third-order valence-electron chi connectivity index (χ3n) is 4.13. The normalized spacial score (nSPS) is 14.6. The number of carbonyl (C=O) groups excluding carboxylic acids is 1. The van der Waals surface area contributed by atoms with E-state index in [4.69, 9.17) is 9.84 Å². The molecule has 1 saturated heterocycles. The van der Waals surface area contributed by atoms with Gasteiger partial charge in [-0.2, -0.15) is 5.10 Å². The highest BCUT2D eigenvalue weighted by Crippen LogP contribution is 2.16. The molecule has 26 heavy (non-hydrogen) atoms. The smallest absolute Gasteiger partial charge is 0.341 e. The van der Waals surface area contributed by atoms with Crippen molar-refractivity contribution in [3.05, 3.63) is 48.2 Å². The van der Waals surface area contributed by atoms with Crippen molar-refractivity contribution >= 4 is 17.7 Å². The fourth-order valence-corrected chi connectivity index (χ4v) is 2.83. The lowest BCUT2D eigenvalue weighted by Crippen LogP contribution is -2.35. The van der Waals surface area contributed by atoms with Crippen LogP contribution in [0.3, 0.4) is 0 Å². The van der Waals surface area contributed by atoms with Crippen molar-refractivity contribution in [1.82, 2.24) is 15.1 Å². The molecule has 8 nitrogen and oxygen atoms in total. The van der Waals surface area contributed by atoms with Crippen molar-refractivity contribution in [2.24, 2.45) is 0 Å². The molecule has 1 N–H and O–H groups in total. The average molecular weight is 356 g/mol. The van der Waals surface area contributed by atoms with Gasteiger partial charge in [0, 0.05) is 37.9 Å². The Hall–Kier alpha value is -3.16. The van der Waals surface area contributed by atoms with Crippen LogP contribution in [0.4, 0.5) is 5.82 Å². The number of carboxylic acids is 1. The Labute approximate surface area is 151 Å². The van der Waals surface area contributed by atoms with Gasteiger partial charge in [-0.25, -0.2) is 4.79 Å². The largest absolute Gasteiger partial charge is 0.482 e. The fourth-order valence-electron chi connectivity index (χ4n) is 2.83. The van der Waals surface area contributed by atoms with E-state index in [-0.39, 0.29) is 5.91 Å². The second kappa shape index (κ2) is 8.28. The van der Waals surface area contributed by atoms with Crippen molar-refractivity contribution in [2.45, 2.75) is 6.42 Å². The summed E-state index contributed by atoms with van der Waals surface area (Å²) in [4.78, 5) is 27.2. The molecule has 1 amide bonds. The van der Waals surface area contributed by atoms with Gasteiger partial charge in [0.15, 0.2) is 12.4 Å². The summed E-state index contributed by atoms with van der Waals surface area (Å²) in [5, 5.41) is 16.7. The topological polar surface area (TPSA) is 95.9 Å². The van der Waals surface area contributed by atoms with Crippen molar-refractivity contribution < 1.29 is 19.4 Å². The molecule has 8 heteroatoms. The third-order valence-corrected chi connectivity index (χ3v) is 4.13. The summed E-state index contributed by atoms with van der Waals surface area (Å²) in [6, 6.07) is 10.3. The van der Waals surface area contributed by atoms with E-state index in [2.05, 4.69) is 15.1 Å². The summed E-state index contributed by atoms with van der Waals surface area (Å²) in [5.41, 5.74) is 0.556. The van der Waals surface area contributed by atoms with Crippen LogP contribution in [0.25, 0.3) is 0 Å². The van der Waals surface area contributed by atoms with Gasteiger partial charge in [0.1, 0.15) is 5.75 Å². The van der Waals surface area contributed by atoms with Gasteiger partial charge in [0.25, 0.3) is 5.91 Å². The number of amides is 1. The zero-order valence-electron chi connectivity index (χ0n) is 14.2. The minimum absolute atomic E-state index is 0.0456. The van der Waals surface area contributed by atoms with Crippen LogP contribution in [0, 0.1) is 0 Å². The highest BCUT2D eigenvalue weighted by Gasteiger charge is 2.21. The number of carbonyl (C=O) groups is 2. The number of hydrogen-bond donors (Lipinski definition) is 1. The molecule has 0 unspecified atom stereocenters. The van der Waals surface area contributed by atoms with E-state index in [0.29, 0.717) is 30.9 Å². The molecule has 0 atom stereocenters. The van der Waals surface area contributed by atoms with Crippen LogP contribution in [-0.2, 0) is 4.79 Å². The molecule has 1 aliphatic rings. The van der Waals surface area contributed by atoms with Crippen LogP contribution >= 0.6 is 0 Å². The molecule has 3 rings (SSSR count). The molecule has 136 valence electrons. The standard InChI is InChI=1S/C18H20N4O4/c23-17(24)13-26-15-6-4-14(5-7-15)18(25)22-10-2-9-21(11-12-22)16-3-1-8-19-20-16/h1,3-8H,2,9-13H2,(H,23,24). The molecular formula is C18H20N4O4. The first-order chi connectivity index (χ1) is 12.6. The van der Waals surface area contributed by atoms with E-state index in [1.807, 2.05) is 17.0 Å². The van der Waals surface area contributed by atoms with E-state index >= 15 is 0 Å². The number of nitrogens with zero attached hydrogens (tertiary/aromatic N) is 4. The Morgan fingerprint density at radius 3 is 2.58 bits per heavy atom. The third kappa shape index (κ3) is 4.47. The average Bonchev–Trinajstić information content (AvgIpc) is 2.93. The van der Waals surface area contributed by atoms with Gasteiger partial charge in [0.05, 0.1) is 0 Å². The van der Waals surface area contributed by atoms with Crippen LogP contribution < -0.4 is 9.64 Å². The van der Waals surface area contributed by atoms with Crippen LogP contribution in [0.5, 0.6) is 5.75 Å². The lowest BCUT2D eigenvalue weighted by Gasteiger charge is -2.22. The molecule has 2 heterocycles. The number of rotatable bonds is 5. The molecule has 0 radical (unpaired) electrons. The predicted octanol–water partition coefficient (Wildman–Crippen LogP) is 1.29. The molecule has 0 spiro atoms. The molecule has 0 aliphatic carbocycles. The number of carboxylic acid groups (broad SMARTS) is 1. The first-order valence-electron chi connectivity index (χ1n) is 8.40. The first-order valence-corrected chi connectivity index (χ1v) is 8.40. The lowest BCUT2D eigenvalue weighted by atomic mass is 10.2. The van der Waals surface area contributed by atoms with Crippen LogP contribution in [0.2, 0.25) is 0 Å². The summed E-state index contributed by atoms with van der Waals surface area (Å²) >= 11 is 0. The Morgan fingerprint density at radius 1 is 1.08 bits per heavy atom. The summed E-state index contributed by atoms with van der Waals surface area (Å²) in [6.07, 6.45) is 2.49. The number of benzene rings is 1. The number of aliphatic carboxylic acids is 1. The molecule has 1 fully saturated rings. The Balaban J connectivity index is 1.60. The highest BCUT2D eigenvalue weighted by molar-refractivity contribution is 5.94. The lowest BCUT2D eigenvalue weighted by molar-refractivity contribution is -0.139. The number of ether oxygens (including phenoxy) is 1. The summed E-state index contributed by atoms with van der Waals surface area (Å²) in [7, 11) is 0. The van der Waals surface area contributed by atoms with E-state index < -0.39 is 12.6 Å². The predicted molar refractivity (Wildman–Crippen MR) is 94.3 cm³/mol. The zero-order valence-corrected chi connectivity index (χ0v) is 14.2. The minimum atomic E-state index is -1.04.